The molecule has 8 heteroatoms. The smallest absolute Gasteiger partial charge is 0.241 e. The standard InChI is InChI=1S/C9H13BrClNO3S2/c1-6-8(3-9(10)16-6)17(13,14)12-4-7(11)5-15-2/h3,7,12H,4-5H2,1-2H3. The molecular formula is C9H13BrClNO3S2. The van der Waals surface area contributed by atoms with E-state index in [-0.39, 0.29) is 16.8 Å². The van der Waals surface area contributed by atoms with E-state index < -0.39 is 10.0 Å². The minimum Gasteiger partial charge on any atom is -0.383 e. The minimum absolute atomic E-state index is 0.143. The third kappa shape index (κ3) is 4.50. The third-order valence-corrected chi connectivity index (χ3v) is 5.49. The number of hydrogen-bond acceptors (Lipinski definition) is 4. The van der Waals surface area contributed by atoms with Crippen molar-refractivity contribution in [2.24, 2.45) is 0 Å². The van der Waals surface area contributed by atoms with E-state index in [1.165, 1.54) is 18.4 Å². The van der Waals surface area contributed by atoms with Gasteiger partial charge in [-0.25, -0.2) is 13.1 Å². The number of nitrogens with one attached hydrogen (secondary N) is 1. The molecule has 0 radical (unpaired) electrons. The van der Waals surface area contributed by atoms with Crippen LogP contribution < -0.4 is 4.72 Å². The van der Waals surface area contributed by atoms with Gasteiger partial charge in [-0.15, -0.1) is 22.9 Å². The molecule has 1 rings (SSSR count). The van der Waals surface area contributed by atoms with Gasteiger partial charge in [-0.2, -0.15) is 0 Å². The summed E-state index contributed by atoms with van der Waals surface area (Å²) < 4.78 is 32.0. The van der Waals surface area contributed by atoms with Gasteiger partial charge in [0, 0.05) is 18.5 Å². The maximum Gasteiger partial charge on any atom is 0.241 e. The maximum absolute atomic E-state index is 12.0. The van der Waals surface area contributed by atoms with E-state index in [9.17, 15) is 8.42 Å². The van der Waals surface area contributed by atoms with Crippen LogP contribution in [0.25, 0.3) is 0 Å². The van der Waals surface area contributed by atoms with E-state index >= 15 is 0 Å². The number of alkyl halides is 1. The molecule has 1 unspecified atom stereocenters. The fourth-order valence-electron chi connectivity index (χ4n) is 1.22. The average Bonchev–Trinajstić information content (AvgIpc) is 2.56. The summed E-state index contributed by atoms with van der Waals surface area (Å²) in [6, 6.07) is 1.59. The number of sulfonamides is 1. The minimum atomic E-state index is -3.49. The molecule has 1 heterocycles. The molecule has 0 aromatic carbocycles. The Balaban J connectivity index is 2.73. The Morgan fingerprint density at radius 1 is 1.65 bits per heavy atom. The number of aryl methyl sites for hydroxylation is 1. The zero-order valence-corrected chi connectivity index (χ0v) is 13.3. The molecule has 17 heavy (non-hydrogen) atoms. The molecule has 1 N–H and O–H groups in total. The van der Waals surface area contributed by atoms with Crippen LogP contribution in [0, 0.1) is 6.92 Å². The van der Waals surface area contributed by atoms with Crippen molar-refractivity contribution in [3.63, 3.8) is 0 Å². The fourth-order valence-corrected chi connectivity index (χ4v) is 5.00. The largest absolute Gasteiger partial charge is 0.383 e. The monoisotopic (exact) mass is 361 g/mol. The summed E-state index contributed by atoms with van der Waals surface area (Å²) in [6.45, 7) is 2.21. The van der Waals surface area contributed by atoms with E-state index in [0.29, 0.717) is 6.61 Å². The number of methoxy groups -OCH3 is 1. The number of ether oxygens (including phenoxy) is 1. The first kappa shape index (κ1) is 15.4. The first-order chi connectivity index (χ1) is 7.86. The van der Waals surface area contributed by atoms with Crippen molar-refractivity contribution in [2.45, 2.75) is 17.2 Å². The molecule has 4 nitrogen and oxygen atoms in total. The molecule has 0 bridgehead atoms. The van der Waals surface area contributed by atoms with Crippen LogP contribution >= 0.6 is 38.9 Å². The summed E-state index contributed by atoms with van der Waals surface area (Å²) in [5, 5.41) is -0.378. The Morgan fingerprint density at radius 2 is 2.29 bits per heavy atom. The van der Waals surface area contributed by atoms with Crippen LogP contribution in [0.15, 0.2) is 14.7 Å². The molecule has 0 spiro atoms. The second kappa shape index (κ2) is 6.49. The molecule has 0 aliphatic rings. The van der Waals surface area contributed by atoms with Crippen LogP contribution in [0.5, 0.6) is 0 Å². The van der Waals surface area contributed by atoms with Crippen LogP contribution in [0.1, 0.15) is 4.88 Å². The molecule has 0 saturated carbocycles. The molecule has 0 aliphatic carbocycles. The first-order valence-electron chi connectivity index (χ1n) is 4.75. The lowest BCUT2D eigenvalue weighted by Gasteiger charge is -2.10. The van der Waals surface area contributed by atoms with Crippen molar-refractivity contribution < 1.29 is 13.2 Å². The second-order valence-corrected chi connectivity index (χ2v) is 8.36. The van der Waals surface area contributed by atoms with Gasteiger partial charge in [0.05, 0.1) is 20.7 Å². The van der Waals surface area contributed by atoms with E-state index in [4.69, 9.17) is 16.3 Å². The van der Waals surface area contributed by atoms with Crippen LogP contribution in [-0.2, 0) is 14.8 Å². The number of halogens is 2. The molecule has 0 fully saturated rings. The highest BCUT2D eigenvalue weighted by Crippen LogP contribution is 2.29. The van der Waals surface area contributed by atoms with Crippen molar-refractivity contribution in [3.05, 3.63) is 14.7 Å². The van der Waals surface area contributed by atoms with Gasteiger partial charge in [-0.3, -0.25) is 0 Å². The molecule has 0 amide bonds. The Kier molecular flexibility index (Phi) is 5.88. The van der Waals surface area contributed by atoms with Crippen LogP contribution in [0.3, 0.4) is 0 Å². The predicted molar refractivity (Wildman–Crippen MR) is 73.5 cm³/mol. The molecule has 1 aromatic heterocycles. The van der Waals surface area contributed by atoms with Gasteiger partial charge in [0.25, 0.3) is 0 Å². The lowest BCUT2D eigenvalue weighted by molar-refractivity contribution is 0.198. The van der Waals surface area contributed by atoms with Gasteiger partial charge in [0.2, 0.25) is 10.0 Å². The average molecular weight is 363 g/mol. The zero-order valence-electron chi connectivity index (χ0n) is 9.37. The molecule has 98 valence electrons. The third-order valence-electron chi connectivity index (χ3n) is 1.97. The van der Waals surface area contributed by atoms with Crippen molar-refractivity contribution in [2.75, 3.05) is 20.3 Å². The molecule has 1 aromatic rings. The Labute approximate surface area is 118 Å². The molecule has 0 aliphatic heterocycles. The Morgan fingerprint density at radius 3 is 2.76 bits per heavy atom. The highest BCUT2D eigenvalue weighted by molar-refractivity contribution is 9.11. The SMILES string of the molecule is COCC(Cl)CNS(=O)(=O)c1cc(Br)sc1C. The summed E-state index contributed by atoms with van der Waals surface area (Å²) in [7, 11) is -1.98. The van der Waals surface area contributed by atoms with Gasteiger partial charge in [-0.1, -0.05) is 0 Å². The Bertz CT molecular complexity index is 475. The van der Waals surface area contributed by atoms with Gasteiger partial charge in [0.15, 0.2) is 0 Å². The van der Waals surface area contributed by atoms with Crippen LogP contribution in [0.4, 0.5) is 0 Å². The fraction of sp³-hybridized carbons (Fsp3) is 0.556. The maximum atomic E-state index is 12.0. The summed E-state index contributed by atoms with van der Waals surface area (Å²) in [5.74, 6) is 0. The normalized spacial score (nSPS) is 13.9. The highest BCUT2D eigenvalue weighted by atomic mass is 79.9. The molecule has 1 atom stereocenters. The van der Waals surface area contributed by atoms with Gasteiger partial charge in [-0.05, 0) is 28.9 Å². The van der Waals surface area contributed by atoms with E-state index in [2.05, 4.69) is 20.7 Å². The Hall–Kier alpha value is 0.340. The summed E-state index contributed by atoms with van der Waals surface area (Å²) >= 11 is 10.5. The lowest BCUT2D eigenvalue weighted by Crippen LogP contribution is -2.31. The first-order valence-corrected chi connectivity index (χ1v) is 8.28. The predicted octanol–water partition coefficient (Wildman–Crippen LogP) is 2.35. The van der Waals surface area contributed by atoms with Gasteiger partial charge >= 0.3 is 0 Å². The van der Waals surface area contributed by atoms with E-state index in [1.54, 1.807) is 13.0 Å². The van der Waals surface area contributed by atoms with Crippen LogP contribution in [0.2, 0.25) is 0 Å². The summed E-state index contributed by atoms with van der Waals surface area (Å²) in [6.07, 6.45) is 0. The van der Waals surface area contributed by atoms with Crippen molar-refractivity contribution in [1.29, 1.82) is 0 Å². The van der Waals surface area contributed by atoms with Crippen molar-refractivity contribution >= 4 is 48.9 Å². The van der Waals surface area contributed by atoms with Crippen molar-refractivity contribution in [1.82, 2.24) is 4.72 Å². The van der Waals surface area contributed by atoms with Gasteiger partial charge in [0.1, 0.15) is 0 Å². The second-order valence-electron chi connectivity index (χ2n) is 3.38. The number of hydrogen-bond donors (Lipinski definition) is 1. The molecule has 0 saturated heterocycles. The molecular weight excluding hydrogens is 350 g/mol. The zero-order chi connectivity index (χ0) is 13.1. The quantitative estimate of drug-likeness (QED) is 0.790. The number of thiophene rings is 1. The van der Waals surface area contributed by atoms with Gasteiger partial charge < -0.3 is 4.74 Å². The topological polar surface area (TPSA) is 55.4 Å². The summed E-state index contributed by atoms with van der Waals surface area (Å²) in [4.78, 5) is 1.03. The number of rotatable bonds is 6. The van der Waals surface area contributed by atoms with Crippen molar-refractivity contribution in [3.8, 4) is 0 Å². The lowest BCUT2D eigenvalue weighted by atomic mass is 10.5. The van der Waals surface area contributed by atoms with E-state index in [1.807, 2.05) is 0 Å². The van der Waals surface area contributed by atoms with E-state index in [0.717, 1.165) is 8.66 Å². The van der Waals surface area contributed by atoms with Crippen LogP contribution in [-0.4, -0.2) is 34.1 Å². The highest BCUT2D eigenvalue weighted by Gasteiger charge is 2.20. The summed E-state index contributed by atoms with van der Waals surface area (Å²) in [5.41, 5.74) is 0.